The maximum atomic E-state index is 12.9. The fourth-order valence-corrected chi connectivity index (χ4v) is 4.14. The van der Waals surface area contributed by atoms with Crippen LogP contribution in [-0.4, -0.2) is 52.9 Å². The van der Waals surface area contributed by atoms with Crippen LogP contribution in [0.15, 0.2) is 54.6 Å². The highest BCUT2D eigenvalue weighted by atomic mass is 16.5. The number of fused-ring (bicyclic) bond motifs is 1. The molecule has 7 heteroatoms. The molecule has 2 heterocycles. The highest BCUT2D eigenvalue weighted by Crippen LogP contribution is 2.39. The molecule has 7 nitrogen and oxygen atoms in total. The van der Waals surface area contributed by atoms with Crippen LogP contribution in [-0.2, 0) is 11.3 Å². The Morgan fingerprint density at radius 2 is 1.88 bits per heavy atom. The predicted octanol–water partition coefficient (Wildman–Crippen LogP) is 2.97. The van der Waals surface area contributed by atoms with Crippen molar-refractivity contribution in [1.29, 1.82) is 0 Å². The Kier molecular flexibility index (Phi) is 6.37. The SMILES string of the molecule is O=C(/C=C/c1ccc2c(c1)C(=O)CC1(CCN(C(=O)NCc3ccccc3)CC1)O2)CO. The zero-order valence-electron chi connectivity index (χ0n) is 17.8. The third kappa shape index (κ3) is 4.89. The van der Waals surface area contributed by atoms with Crippen molar-refractivity contribution in [2.75, 3.05) is 19.7 Å². The first-order valence-corrected chi connectivity index (χ1v) is 10.7. The van der Waals surface area contributed by atoms with Gasteiger partial charge in [-0.15, -0.1) is 0 Å². The average Bonchev–Trinajstić information content (AvgIpc) is 2.82. The molecule has 0 unspecified atom stereocenters. The summed E-state index contributed by atoms with van der Waals surface area (Å²) >= 11 is 0. The fraction of sp³-hybridized carbons (Fsp3) is 0.320. The van der Waals surface area contributed by atoms with Gasteiger partial charge in [0.2, 0.25) is 0 Å². The van der Waals surface area contributed by atoms with Crippen molar-refractivity contribution in [3.05, 3.63) is 71.3 Å². The maximum absolute atomic E-state index is 12.9. The standard InChI is InChI=1S/C25H26N2O5/c28-17-20(29)8-6-18-7-9-23-21(14-18)22(30)15-25(32-23)10-12-27(13-11-25)24(31)26-16-19-4-2-1-3-5-19/h1-9,14,28H,10-13,15-17H2,(H,26,31)/b8-6+. The van der Waals surface area contributed by atoms with Gasteiger partial charge in [-0.2, -0.15) is 0 Å². The number of carbonyl (C=O) groups excluding carboxylic acids is 3. The molecule has 0 saturated carbocycles. The lowest BCUT2D eigenvalue weighted by Crippen LogP contribution is -2.54. The molecule has 0 aromatic heterocycles. The summed E-state index contributed by atoms with van der Waals surface area (Å²) in [6.07, 6.45) is 4.30. The molecule has 2 aliphatic rings. The number of amides is 2. The second-order valence-electron chi connectivity index (χ2n) is 8.23. The molecule has 2 aromatic carbocycles. The molecule has 2 aromatic rings. The minimum Gasteiger partial charge on any atom is -0.486 e. The number of hydrogen-bond donors (Lipinski definition) is 2. The number of hydrogen-bond acceptors (Lipinski definition) is 5. The molecule has 1 saturated heterocycles. The zero-order valence-corrected chi connectivity index (χ0v) is 17.8. The third-order valence-electron chi connectivity index (χ3n) is 5.98. The molecule has 0 atom stereocenters. The Labute approximate surface area is 186 Å². The smallest absolute Gasteiger partial charge is 0.317 e. The van der Waals surface area contributed by atoms with E-state index in [1.54, 1.807) is 29.2 Å². The number of ether oxygens (including phenoxy) is 1. The van der Waals surface area contributed by atoms with E-state index in [1.165, 1.54) is 6.08 Å². The van der Waals surface area contributed by atoms with Crippen LogP contribution in [0.3, 0.4) is 0 Å². The fourth-order valence-electron chi connectivity index (χ4n) is 4.14. The van der Waals surface area contributed by atoms with Crippen molar-refractivity contribution in [2.45, 2.75) is 31.4 Å². The highest BCUT2D eigenvalue weighted by Gasteiger charge is 2.43. The van der Waals surface area contributed by atoms with Crippen molar-refractivity contribution in [2.24, 2.45) is 0 Å². The van der Waals surface area contributed by atoms with Gasteiger partial charge in [0.1, 0.15) is 18.0 Å². The second kappa shape index (κ2) is 9.36. The summed E-state index contributed by atoms with van der Waals surface area (Å²) in [4.78, 5) is 38.4. The van der Waals surface area contributed by atoms with Crippen molar-refractivity contribution in [1.82, 2.24) is 10.2 Å². The number of benzene rings is 2. The van der Waals surface area contributed by atoms with Crippen LogP contribution >= 0.6 is 0 Å². The van der Waals surface area contributed by atoms with Gasteiger partial charge in [-0.05, 0) is 29.3 Å². The minimum atomic E-state index is -0.593. The van der Waals surface area contributed by atoms with E-state index in [-0.39, 0.29) is 18.2 Å². The molecule has 0 aliphatic carbocycles. The third-order valence-corrected chi connectivity index (χ3v) is 5.98. The number of aliphatic hydroxyl groups is 1. The number of piperidine rings is 1. The number of Topliss-reactive ketones (excluding diaryl/α,β-unsaturated/α-hetero) is 1. The monoisotopic (exact) mass is 434 g/mol. The molecule has 1 fully saturated rings. The van der Waals surface area contributed by atoms with Gasteiger partial charge in [0, 0.05) is 32.5 Å². The van der Waals surface area contributed by atoms with Gasteiger partial charge in [0.05, 0.1) is 12.0 Å². The number of urea groups is 1. The summed E-state index contributed by atoms with van der Waals surface area (Å²) < 4.78 is 6.28. The van der Waals surface area contributed by atoms with Gasteiger partial charge < -0.3 is 20.1 Å². The predicted molar refractivity (Wildman–Crippen MR) is 119 cm³/mol. The normalized spacial score (nSPS) is 17.2. The molecule has 2 amide bonds. The lowest BCUT2D eigenvalue weighted by molar-refractivity contribution is -0.117. The molecule has 2 aliphatic heterocycles. The molecule has 4 rings (SSSR count). The van der Waals surface area contributed by atoms with E-state index in [0.717, 1.165) is 5.56 Å². The summed E-state index contributed by atoms with van der Waals surface area (Å²) in [6.45, 7) is 0.971. The van der Waals surface area contributed by atoms with E-state index in [1.807, 2.05) is 30.3 Å². The first kappa shape index (κ1) is 21.8. The Hall–Kier alpha value is -3.45. The summed E-state index contributed by atoms with van der Waals surface area (Å²) in [6, 6.07) is 14.9. The molecule has 0 bridgehead atoms. The zero-order chi connectivity index (χ0) is 22.6. The van der Waals surface area contributed by atoms with Crippen LogP contribution in [0, 0.1) is 0 Å². The summed E-state index contributed by atoms with van der Waals surface area (Å²) in [7, 11) is 0. The number of carbonyl (C=O) groups is 3. The van der Waals surface area contributed by atoms with Gasteiger partial charge >= 0.3 is 6.03 Å². The molecule has 0 radical (unpaired) electrons. The maximum Gasteiger partial charge on any atom is 0.317 e. The van der Waals surface area contributed by atoms with Gasteiger partial charge in [-0.25, -0.2) is 4.79 Å². The van der Waals surface area contributed by atoms with E-state index in [9.17, 15) is 14.4 Å². The first-order chi connectivity index (χ1) is 15.5. The first-order valence-electron chi connectivity index (χ1n) is 10.7. The highest BCUT2D eigenvalue weighted by molar-refractivity contribution is 6.01. The van der Waals surface area contributed by atoms with Gasteiger partial charge in [0.25, 0.3) is 0 Å². The second-order valence-corrected chi connectivity index (χ2v) is 8.23. The molecule has 32 heavy (non-hydrogen) atoms. The summed E-state index contributed by atoms with van der Waals surface area (Å²) in [5.74, 6) is 0.134. The Morgan fingerprint density at radius 3 is 2.59 bits per heavy atom. The quantitative estimate of drug-likeness (QED) is 0.706. The Bertz CT molecular complexity index is 1040. The van der Waals surface area contributed by atoms with E-state index in [4.69, 9.17) is 9.84 Å². The number of aliphatic hydroxyl groups excluding tert-OH is 1. The van der Waals surface area contributed by atoms with Crippen LogP contribution < -0.4 is 10.1 Å². The lowest BCUT2D eigenvalue weighted by atomic mass is 9.82. The van der Waals surface area contributed by atoms with Crippen LogP contribution in [0.2, 0.25) is 0 Å². The van der Waals surface area contributed by atoms with Crippen molar-refractivity contribution in [3.63, 3.8) is 0 Å². The van der Waals surface area contributed by atoms with E-state index < -0.39 is 18.0 Å². The van der Waals surface area contributed by atoms with Gasteiger partial charge in [-0.1, -0.05) is 42.5 Å². The summed E-state index contributed by atoms with van der Waals surface area (Å²) in [5, 5.41) is 11.8. The van der Waals surface area contributed by atoms with E-state index in [0.29, 0.717) is 49.4 Å². The Balaban J connectivity index is 1.37. The topological polar surface area (TPSA) is 95.9 Å². The number of nitrogens with zero attached hydrogens (tertiary/aromatic N) is 1. The van der Waals surface area contributed by atoms with Crippen LogP contribution in [0.5, 0.6) is 5.75 Å². The van der Waals surface area contributed by atoms with E-state index >= 15 is 0 Å². The van der Waals surface area contributed by atoms with Crippen LogP contribution in [0.1, 0.15) is 40.7 Å². The molecule has 166 valence electrons. The van der Waals surface area contributed by atoms with Crippen molar-refractivity contribution >= 4 is 23.7 Å². The van der Waals surface area contributed by atoms with E-state index in [2.05, 4.69) is 5.32 Å². The Morgan fingerprint density at radius 1 is 1.12 bits per heavy atom. The number of ketones is 2. The molecular weight excluding hydrogens is 408 g/mol. The van der Waals surface area contributed by atoms with Crippen LogP contribution in [0.25, 0.3) is 6.08 Å². The van der Waals surface area contributed by atoms with Gasteiger partial charge in [-0.3, -0.25) is 9.59 Å². The minimum absolute atomic E-state index is 0.00281. The number of nitrogens with one attached hydrogen (secondary N) is 1. The van der Waals surface area contributed by atoms with Crippen molar-refractivity contribution in [3.8, 4) is 5.75 Å². The summed E-state index contributed by atoms with van der Waals surface area (Å²) in [5.41, 5.74) is 1.65. The molecule has 2 N–H and O–H groups in total. The molecular formula is C25H26N2O5. The number of rotatable bonds is 5. The molecule has 1 spiro atoms. The van der Waals surface area contributed by atoms with Crippen LogP contribution in [0.4, 0.5) is 4.79 Å². The van der Waals surface area contributed by atoms with Gasteiger partial charge in [0.15, 0.2) is 11.6 Å². The van der Waals surface area contributed by atoms with Crippen molar-refractivity contribution < 1.29 is 24.2 Å². The average molecular weight is 434 g/mol. The largest absolute Gasteiger partial charge is 0.486 e. The lowest BCUT2D eigenvalue weighted by Gasteiger charge is -2.43. The number of likely N-dealkylation sites (tertiary alicyclic amines) is 1.